The minimum atomic E-state index is -1.30. The van der Waals surface area contributed by atoms with Crippen LogP contribution in [0.2, 0.25) is 0 Å². The third-order valence-electron chi connectivity index (χ3n) is 3.11. The molecule has 2 aromatic rings. The van der Waals surface area contributed by atoms with Crippen molar-refractivity contribution in [1.29, 1.82) is 0 Å². The van der Waals surface area contributed by atoms with Gasteiger partial charge in [-0.15, -0.1) is 0 Å². The summed E-state index contributed by atoms with van der Waals surface area (Å²) >= 11 is 2.73. The highest BCUT2D eigenvalue weighted by Gasteiger charge is 2.32. The van der Waals surface area contributed by atoms with E-state index in [-0.39, 0.29) is 6.10 Å². The summed E-state index contributed by atoms with van der Waals surface area (Å²) in [5.41, 5.74) is 4.37. The topological polar surface area (TPSA) is 38.7 Å². The second kappa shape index (κ2) is 4.86. The van der Waals surface area contributed by atoms with Crippen LogP contribution in [0, 0.1) is 0 Å². The molecule has 18 heavy (non-hydrogen) atoms. The van der Waals surface area contributed by atoms with Gasteiger partial charge in [0.1, 0.15) is 0 Å². The minimum Gasteiger partial charge on any atom is -0.401 e. The van der Waals surface area contributed by atoms with Gasteiger partial charge in [0.15, 0.2) is 0 Å². The van der Waals surface area contributed by atoms with Gasteiger partial charge in [0.25, 0.3) is 0 Å². The molecule has 3 nitrogen and oxygen atoms in total. The van der Waals surface area contributed by atoms with Crippen LogP contribution < -0.4 is 0 Å². The standard InChI is InChI=1S/C13H10BBrO3/c15-18-14(16)17-13-11-7-3-1-5-9(11)10-6-2-4-8-12(10)13/h1-8,13,16H. The molecule has 0 fully saturated rings. The number of hydrogen-bond acceptors (Lipinski definition) is 3. The highest BCUT2D eigenvalue weighted by atomic mass is 79.9. The van der Waals surface area contributed by atoms with Crippen molar-refractivity contribution < 1.29 is 13.4 Å². The smallest absolute Gasteiger partial charge is 0.401 e. The van der Waals surface area contributed by atoms with Crippen LogP contribution in [0.15, 0.2) is 48.5 Å². The lowest BCUT2D eigenvalue weighted by Gasteiger charge is -2.15. The van der Waals surface area contributed by atoms with Crippen molar-refractivity contribution in [2.24, 2.45) is 0 Å². The van der Waals surface area contributed by atoms with Crippen LogP contribution in [0.1, 0.15) is 17.2 Å². The van der Waals surface area contributed by atoms with Gasteiger partial charge in [0.05, 0.1) is 22.4 Å². The summed E-state index contributed by atoms with van der Waals surface area (Å²) in [6.45, 7) is 0. The van der Waals surface area contributed by atoms with Crippen LogP contribution in [0.3, 0.4) is 0 Å². The van der Waals surface area contributed by atoms with E-state index in [9.17, 15) is 5.02 Å². The first-order chi connectivity index (χ1) is 8.81. The third-order valence-corrected chi connectivity index (χ3v) is 3.43. The van der Waals surface area contributed by atoms with Gasteiger partial charge in [0.2, 0.25) is 0 Å². The first-order valence-electron chi connectivity index (χ1n) is 5.60. The number of rotatable bonds is 3. The van der Waals surface area contributed by atoms with Crippen molar-refractivity contribution in [2.75, 3.05) is 0 Å². The van der Waals surface area contributed by atoms with Crippen LogP contribution in [-0.2, 0) is 8.40 Å². The fraction of sp³-hybridized carbons (Fsp3) is 0.0769. The zero-order valence-electron chi connectivity index (χ0n) is 9.42. The average Bonchev–Trinajstić information content (AvgIpc) is 2.74. The van der Waals surface area contributed by atoms with Crippen molar-refractivity contribution in [3.8, 4) is 11.1 Å². The van der Waals surface area contributed by atoms with Gasteiger partial charge in [-0.1, -0.05) is 48.5 Å². The van der Waals surface area contributed by atoms with Crippen molar-refractivity contribution >= 4 is 23.6 Å². The van der Waals surface area contributed by atoms with Crippen molar-refractivity contribution in [1.82, 2.24) is 0 Å². The lowest BCUT2D eigenvalue weighted by molar-refractivity contribution is 0.163. The Labute approximate surface area is 114 Å². The van der Waals surface area contributed by atoms with Gasteiger partial charge in [-0.25, -0.2) is 0 Å². The Morgan fingerprint density at radius 1 is 0.944 bits per heavy atom. The molecule has 0 bridgehead atoms. The number of fused-ring (bicyclic) bond motifs is 3. The monoisotopic (exact) mass is 304 g/mol. The molecule has 0 heterocycles. The SMILES string of the molecule is OB(OBr)OC1c2ccccc2-c2ccccc21. The summed E-state index contributed by atoms with van der Waals surface area (Å²) in [6, 6.07) is 16.0. The van der Waals surface area contributed by atoms with E-state index in [4.69, 9.17) is 4.65 Å². The molecule has 1 aliphatic rings. The van der Waals surface area contributed by atoms with E-state index >= 15 is 0 Å². The highest BCUT2D eigenvalue weighted by Crippen LogP contribution is 2.45. The van der Waals surface area contributed by atoms with E-state index < -0.39 is 7.32 Å². The molecule has 3 rings (SSSR count). The van der Waals surface area contributed by atoms with Gasteiger partial charge in [0, 0.05) is 0 Å². The normalized spacial score (nSPS) is 13.2. The fourth-order valence-electron chi connectivity index (χ4n) is 2.39. The van der Waals surface area contributed by atoms with Gasteiger partial charge in [-0.3, -0.25) is 0 Å². The quantitative estimate of drug-likeness (QED) is 0.886. The largest absolute Gasteiger partial charge is 0.648 e. The summed E-state index contributed by atoms with van der Waals surface area (Å²) in [6.07, 6.45) is -0.301. The first-order valence-corrected chi connectivity index (χ1v) is 6.25. The molecule has 0 aliphatic heterocycles. The van der Waals surface area contributed by atoms with E-state index in [1.165, 1.54) is 0 Å². The second-order valence-corrected chi connectivity index (χ2v) is 4.46. The summed E-state index contributed by atoms with van der Waals surface area (Å²) in [5, 5.41) is 9.48. The predicted molar refractivity (Wildman–Crippen MR) is 72.8 cm³/mol. The number of halogens is 1. The van der Waals surface area contributed by atoms with Gasteiger partial charge >= 0.3 is 7.32 Å². The first kappa shape index (κ1) is 11.9. The lowest BCUT2D eigenvalue weighted by Crippen LogP contribution is -2.21. The summed E-state index contributed by atoms with van der Waals surface area (Å²) in [4.78, 5) is 0. The average molecular weight is 305 g/mol. The molecule has 5 heteroatoms. The van der Waals surface area contributed by atoms with Gasteiger partial charge in [-0.05, 0) is 22.3 Å². The molecular formula is C13H10BBrO3. The number of hydrogen-bond donors (Lipinski definition) is 1. The Morgan fingerprint density at radius 2 is 1.44 bits per heavy atom. The Bertz CT molecular complexity index is 530. The zero-order valence-corrected chi connectivity index (χ0v) is 11.0. The van der Waals surface area contributed by atoms with Crippen LogP contribution in [0.5, 0.6) is 0 Å². The molecule has 90 valence electrons. The van der Waals surface area contributed by atoms with Crippen molar-refractivity contribution in [3.05, 3.63) is 59.7 Å². The summed E-state index contributed by atoms with van der Waals surface area (Å²) < 4.78 is 10.1. The molecule has 0 amide bonds. The molecule has 0 aromatic heterocycles. The Kier molecular flexibility index (Phi) is 3.22. The molecule has 1 aliphatic carbocycles. The summed E-state index contributed by atoms with van der Waals surface area (Å²) in [5.74, 6) is 0. The maximum atomic E-state index is 9.48. The Balaban J connectivity index is 2.09. The van der Waals surface area contributed by atoms with Gasteiger partial charge in [-0.2, -0.15) is 0 Å². The zero-order chi connectivity index (χ0) is 12.5. The molecule has 0 atom stereocenters. The van der Waals surface area contributed by atoms with Crippen LogP contribution >= 0.6 is 16.3 Å². The Hall–Kier alpha value is -1.14. The Morgan fingerprint density at radius 3 is 1.94 bits per heavy atom. The number of benzene rings is 2. The molecule has 0 unspecified atom stereocenters. The van der Waals surface area contributed by atoms with Crippen LogP contribution in [0.4, 0.5) is 0 Å². The minimum absolute atomic E-state index is 0.301. The third kappa shape index (κ3) is 1.89. The molecule has 2 aromatic carbocycles. The predicted octanol–water partition coefficient (Wildman–Crippen LogP) is 3.08. The van der Waals surface area contributed by atoms with E-state index in [1.54, 1.807) is 0 Å². The highest BCUT2D eigenvalue weighted by molar-refractivity contribution is 9.06. The second-order valence-electron chi connectivity index (χ2n) is 4.09. The van der Waals surface area contributed by atoms with Gasteiger partial charge < -0.3 is 13.4 Å². The van der Waals surface area contributed by atoms with E-state index in [1.807, 2.05) is 36.4 Å². The maximum Gasteiger partial charge on any atom is 0.648 e. The maximum absolute atomic E-state index is 9.48. The van der Waals surface area contributed by atoms with Crippen LogP contribution in [-0.4, -0.2) is 12.3 Å². The van der Waals surface area contributed by atoms with E-state index in [0.717, 1.165) is 22.3 Å². The molecule has 0 spiro atoms. The lowest BCUT2D eigenvalue weighted by atomic mass is 10.1. The fourth-order valence-corrected chi connectivity index (χ4v) is 2.48. The molecule has 0 saturated carbocycles. The van der Waals surface area contributed by atoms with E-state index in [2.05, 4.69) is 32.1 Å². The molecular weight excluding hydrogens is 295 g/mol. The summed E-state index contributed by atoms with van der Waals surface area (Å²) in [7, 11) is -1.30. The molecule has 0 saturated heterocycles. The molecule has 0 radical (unpaired) electrons. The van der Waals surface area contributed by atoms with E-state index in [0.29, 0.717) is 0 Å². The molecule has 1 N–H and O–H groups in total. The van der Waals surface area contributed by atoms with Crippen LogP contribution in [0.25, 0.3) is 11.1 Å². The van der Waals surface area contributed by atoms with Crippen molar-refractivity contribution in [2.45, 2.75) is 6.10 Å². The van der Waals surface area contributed by atoms with Crippen molar-refractivity contribution in [3.63, 3.8) is 0 Å².